The largest absolute Gasteiger partial charge is 0.496 e. The van der Waals surface area contributed by atoms with Crippen LogP contribution in [0.1, 0.15) is 32.8 Å². The van der Waals surface area contributed by atoms with Gasteiger partial charge >= 0.3 is 0 Å². The summed E-state index contributed by atoms with van der Waals surface area (Å²) in [5.74, 6) is 2.48. The molecular formula is C30H42N6O4. The summed E-state index contributed by atoms with van der Waals surface area (Å²) in [4.78, 5) is 19.6. The zero-order valence-corrected chi connectivity index (χ0v) is 24.2. The van der Waals surface area contributed by atoms with Crippen molar-refractivity contribution in [1.82, 2.24) is 20.3 Å². The molecule has 0 saturated carbocycles. The van der Waals surface area contributed by atoms with Crippen LogP contribution in [-0.2, 0) is 20.8 Å². The minimum atomic E-state index is 0.111. The van der Waals surface area contributed by atoms with Gasteiger partial charge in [-0.2, -0.15) is 9.97 Å². The van der Waals surface area contributed by atoms with Crippen molar-refractivity contribution in [2.45, 2.75) is 45.9 Å². The van der Waals surface area contributed by atoms with Gasteiger partial charge in [0.15, 0.2) is 5.65 Å². The van der Waals surface area contributed by atoms with Gasteiger partial charge in [0.05, 0.1) is 43.6 Å². The van der Waals surface area contributed by atoms with Crippen molar-refractivity contribution >= 4 is 22.8 Å². The topological polar surface area (TPSA) is 94.1 Å². The highest BCUT2D eigenvalue weighted by atomic mass is 16.5. The molecule has 2 fully saturated rings. The molecule has 0 aliphatic carbocycles. The van der Waals surface area contributed by atoms with Gasteiger partial charge in [0.1, 0.15) is 11.6 Å². The van der Waals surface area contributed by atoms with E-state index in [1.165, 1.54) is 0 Å². The highest BCUT2D eigenvalue weighted by Crippen LogP contribution is 2.31. The van der Waals surface area contributed by atoms with Gasteiger partial charge in [-0.25, -0.2) is 4.98 Å². The quantitative estimate of drug-likeness (QED) is 0.357. The van der Waals surface area contributed by atoms with E-state index in [4.69, 9.17) is 33.9 Å². The molecule has 2 aliphatic rings. The molecule has 216 valence electrons. The van der Waals surface area contributed by atoms with Crippen LogP contribution in [0.5, 0.6) is 5.75 Å². The van der Waals surface area contributed by atoms with Crippen molar-refractivity contribution in [1.29, 1.82) is 0 Å². The van der Waals surface area contributed by atoms with Crippen molar-refractivity contribution in [2.24, 2.45) is 0 Å². The number of hydrogen-bond donors (Lipinski definition) is 1. The van der Waals surface area contributed by atoms with Crippen LogP contribution in [0.2, 0.25) is 0 Å². The fraction of sp³-hybridized carbons (Fsp3) is 0.567. The number of benzene rings is 1. The standard InChI is InChI=1S/C30H42N6O4/c1-5-38-14-6-11-31-18-24-17-23(7-10-27(24)37-4)26-9-8-25-28(32-26)33-30(36-19-21(2)40-22(3)20-36)34-29(25)35-12-15-39-16-13-35/h7-10,17,21-22,31H,5-6,11-16,18-20H2,1-4H3. The molecule has 10 heteroatoms. The molecule has 3 aromatic rings. The van der Waals surface area contributed by atoms with Gasteiger partial charge in [0.2, 0.25) is 5.95 Å². The summed E-state index contributed by atoms with van der Waals surface area (Å²) < 4.78 is 22.7. The maximum atomic E-state index is 5.97. The number of nitrogens with zero attached hydrogens (tertiary/aromatic N) is 5. The predicted octanol–water partition coefficient (Wildman–Crippen LogP) is 3.67. The molecule has 0 bridgehead atoms. The Morgan fingerprint density at radius 1 is 1.00 bits per heavy atom. The molecule has 2 atom stereocenters. The number of hydrogen-bond acceptors (Lipinski definition) is 10. The summed E-state index contributed by atoms with van der Waals surface area (Å²) in [6.07, 6.45) is 1.19. The van der Waals surface area contributed by atoms with Crippen LogP contribution in [0.25, 0.3) is 22.3 Å². The lowest BCUT2D eigenvalue weighted by molar-refractivity contribution is -0.00570. The SMILES string of the molecule is CCOCCCNCc1cc(-c2ccc3c(N4CCOCC4)nc(N4CC(C)OC(C)C4)nc3n2)ccc1OC. The summed E-state index contributed by atoms with van der Waals surface area (Å²) in [6, 6.07) is 10.4. The van der Waals surface area contributed by atoms with Crippen LogP contribution >= 0.6 is 0 Å². The number of ether oxygens (including phenoxy) is 4. The number of anilines is 2. The Labute approximate surface area is 237 Å². The first-order chi connectivity index (χ1) is 19.6. The van der Waals surface area contributed by atoms with Crippen LogP contribution in [0.15, 0.2) is 30.3 Å². The van der Waals surface area contributed by atoms with Crippen molar-refractivity contribution in [2.75, 3.05) is 76.1 Å². The summed E-state index contributed by atoms with van der Waals surface area (Å²) in [5.41, 5.74) is 3.68. The molecule has 2 unspecified atom stereocenters. The Hall–Kier alpha value is -3.05. The van der Waals surface area contributed by atoms with Crippen molar-refractivity contribution < 1.29 is 18.9 Å². The third kappa shape index (κ3) is 6.80. The monoisotopic (exact) mass is 550 g/mol. The average Bonchev–Trinajstić information content (AvgIpc) is 2.98. The van der Waals surface area contributed by atoms with E-state index in [1.54, 1.807) is 7.11 Å². The van der Waals surface area contributed by atoms with E-state index >= 15 is 0 Å². The molecule has 0 radical (unpaired) electrons. The van der Waals surface area contributed by atoms with Gasteiger partial charge in [-0.05, 0) is 64.1 Å². The molecule has 2 aliphatic heterocycles. The average molecular weight is 551 g/mol. The molecule has 1 N–H and O–H groups in total. The number of methoxy groups -OCH3 is 1. The van der Waals surface area contributed by atoms with Gasteiger partial charge in [-0.15, -0.1) is 0 Å². The number of rotatable bonds is 11. The normalized spacial score (nSPS) is 19.8. The molecular weight excluding hydrogens is 508 g/mol. The summed E-state index contributed by atoms with van der Waals surface area (Å²) >= 11 is 0. The second-order valence-electron chi connectivity index (χ2n) is 10.4. The summed E-state index contributed by atoms with van der Waals surface area (Å²) in [7, 11) is 1.71. The molecule has 10 nitrogen and oxygen atoms in total. The third-order valence-electron chi connectivity index (χ3n) is 7.28. The fourth-order valence-corrected chi connectivity index (χ4v) is 5.39. The highest BCUT2D eigenvalue weighted by Gasteiger charge is 2.26. The van der Waals surface area contributed by atoms with E-state index in [-0.39, 0.29) is 12.2 Å². The van der Waals surface area contributed by atoms with Crippen molar-refractivity contribution in [3.8, 4) is 17.0 Å². The van der Waals surface area contributed by atoms with Gasteiger partial charge in [-0.1, -0.05) is 0 Å². The van der Waals surface area contributed by atoms with Crippen LogP contribution < -0.4 is 19.9 Å². The van der Waals surface area contributed by atoms with E-state index in [2.05, 4.69) is 53.2 Å². The van der Waals surface area contributed by atoms with E-state index in [0.29, 0.717) is 31.4 Å². The van der Waals surface area contributed by atoms with Crippen molar-refractivity contribution in [3.05, 3.63) is 35.9 Å². The van der Waals surface area contributed by atoms with E-state index < -0.39 is 0 Å². The fourth-order valence-electron chi connectivity index (χ4n) is 5.39. The zero-order chi connectivity index (χ0) is 27.9. The molecule has 4 heterocycles. The molecule has 2 saturated heterocycles. The maximum Gasteiger partial charge on any atom is 0.229 e. The summed E-state index contributed by atoms with van der Waals surface area (Å²) in [6.45, 7) is 13.8. The number of aromatic nitrogens is 3. The van der Waals surface area contributed by atoms with Gasteiger partial charge < -0.3 is 34.1 Å². The molecule has 0 amide bonds. The second kappa shape index (κ2) is 13.5. The zero-order valence-electron chi connectivity index (χ0n) is 24.2. The van der Waals surface area contributed by atoms with Gasteiger partial charge in [0, 0.05) is 57.1 Å². The highest BCUT2D eigenvalue weighted by molar-refractivity contribution is 5.90. The molecule has 40 heavy (non-hydrogen) atoms. The Morgan fingerprint density at radius 3 is 2.55 bits per heavy atom. The Balaban J connectivity index is 1.46. The second-order valence-corrected chi connectivity index (χ2v) is 10.4. The Bertz CT molecular complexity index is 1260. The number of morpholine rings is 2. The van der Waals surface area contributed by atoms with Crippen LogP contribution in [-0.4, -0.2) is 93.4 Å². The molecule has 5 rings (SSSR count). The van der Waals surface area contributed by atoms with Crippen LogP contribution in [0, 0.1) is 0 Å². The maximum absolute atomic E-state index is 5.97. The first-order valence-corrected chi connectivity index (χ1v) is 14.4. The minimum Gasteiger partial charge on any atom is -0.496 e. The Morgan fingerprint density at radius 2 is 1.80 bits per heavy atom. The van der Waals surface area contributed by atoms with E-state index in [1.807, 2.05) is 13.0 Å². The summed E-state index contributed by atoms with van der Waals surface area (Å²) in [5, 5.41) is 4.46. The number of nitrogens with one attached hydrogen (secondary N) is 1. The molecule has 2 aromatic heterocycles. The number of pyridine rings is 1. The smallest absolute Gasteiger partial charge is 0.229 e. The minimum absolute atomic E-state index is 0.111. The van der Waals surface area contributed by atoms with E-state index in [0.717, 1.165) is 86.1 Å². The molecule has 0 spiro atoms. The first kappa shape index (κ1) is 28.5. The lowest BCUT2D eigenvalue weighted by atomic mass is 10.1. The Kier molecular flexibility index (Phi) is 9.64. The van der Waals surface area contributed by atoms with Crippen LogP contribution in [0.3, 0.4) is 0 Å². The van der Waals surface area contributed by atoms with Crippen LogP contribution in [0.4, 0.5) is 11.8 Å². The molecule has 1 aromatic carbocycles. The third-order valence-corrected chi connectivity index (χ3v) is 7.28. The van der Waals surface area contributed by atoms with Crippen molar-refractivity contribution in [3.63, 3.8) is 0 Å². The first-order valence-electron chi connectivity index (χ1n) is 14.4. The number of fused-ring (bicyclic) bond motifs is 1. The lowest BCUT2D eigenvalue weighted by Gasteiger charge is -2.36. The van der Waals surface area contributed by atoms with Gasteiger partial charge in [0.25, 0.3) is 0 Å². The van der Waals surface area contributed by atoms with E-state index in [9.17, 15) is 0 Å². The predicted molar refractivity (Wildman–Crippen MR) is 157 cm³/mol. The lowest BCUT2D eigenvalue weighted by Crippen LogP contribution is -2.46. The van der Waals surface area contributed by atoms with Gasteiger partial charge in [-0.3, -0.25) is 0 Å².